The molecule has 2 amide bonds. The molecule has 2 N–H and O–H groups in total. The number of fused-ring (bicyclic) bond motifs is 1. The number of carbonyl (C=O) groups excluding carboxylic acids is 2. The van der Waals surface area contributed by atoms with Crippen LogP contribution in [0.15, 0.2) is 59.1 Å². The van der Waals surface area contributed by atoms with E-state index in [4.69, 9.17) is 4.74 Å². The summed E-state index contributed by atoms with van der Waals surface area (Å²) in [6.07, 6.45) is 1.26. The van der Waals surface area contributed by atoms with Crippen LogP contribution in [0.2, 0.25) is 0 Å². The fourth-order valence-corrected chi connectivity index (χ4v) is 7.53. The number of thioether (sulfide) groups is 1. The predicted octanol–water partition coefficient (Wildman–Crippen LogP) is 3.87. The number of amides is 2. The fourth-order valence-electron chi connectivity index (χ4n) is 5.90. The van der Waals surface area contributed by atoms with Crippen molar-refractivity contribution < 1.29 is 24.2 Å². The van der Waals surface area contributed by atoms with E-state index in [1.807, 2.05) is 28.8 Å². The number of benzene rings is 2. The molecule has 3 fully saturated rings. The number of nitrogens with zero attached hydrogens (tertiary/aromatic N) is 2. The van der Waals surface area contributed by atoms with E-state index in [1.165, 1.54) is 28.2 Å². The average Bonchev–Trinajstić information content (AvgIpc) is 3.61. The van der Waals surface area contributed by atoms with Crippen molar-refractivity contribution in [3.8, 4) is 0 Å². The first-order valence-corrected chi connectivity index (χ1v) is 13.9. The second-order valence-electron chi connectivity index (χ2n) is 10.6. The number of β-lactam (4-membered cyclic amide) rings is 1. The molecule has 2 aromatic carbocycles. The summed E-state index contributed by atoms with van der Waals surface area (Å²) in [7, 11) is 0. The number of anilines is 1. The summed E-state index contributed by atoms with van der Waals surface area (Å²) in [5.74, 6) is -0.718. The Balaban J connectivity index is 1.24. The molecule has 5 unspecified atom stereocenters. The van der Waals surface area contributed by atoms with Crippen molar-refractivity contribution in [2.24, 2.45) is 5.92 Å². The third kappa shape index (κ3) is 4.63. The van der Waals surface area contributed by atoms with Crippen LogP contribution in [-0.4, -0.2) is 69.3 Å². The molecule has 5 atom stereocenters. The van der Waals surface area contributed by atoms with Crippen LogP contribution < -0.4 is 5.32 Å². The van der Waals surface area contributed by atoms with Gasteiger partial charge in [-0.25, -0.2) is 4.79 Å². The summed E-state index contributed by atoms with van der Waals surface area (Å²) in [5.41, 5.74) is 4.02. The fraction of sp³-hybridized carbons (Fsp3) is 0.414. The van der Waals surface area contributed by atoms with Gasteiger partial charge in [-0.2, -0.15) is 0 Å². The molecule has 0 aliphatic carbocycles. The normalized spacial score (nSPS) is 28.3. The van der Waals surface area contributed by atoms with Crippen LogP contribution in [0.25, 0.3) is 0 Å². The summed E-state index contributed by atoms with van der Waals surface area (Å²) in [6, 6.07) is 14.4. The smallest absolute Gasteiger partial charge is 0.335 e. The first-order valence-electron chi connectivity index (χ1n) is 13.1. The Kier molecular flexibility index (Phi) is 6.53. The zero-order chi connectivity index (χ0) is 26.6. The second-order valence-corrected chi connectivity index (χ2v) is 12.0. The molecule has 6 rings (SSSR count). The topological polar surface area (TPSA) is 102 Å². The largest absolute Gasteiger partial charge is 0.478 e. The molecule has 4 aliphatic heterocycles. The van der Waals surface area contributed by atoms with Crippen molar-refractivity contribution in [1.29, 1.82) is 0 Å². The van der Waals surface area contributed by atoms with Crippen molar-refractivity contribution >= 4 is 35.2 Å². The number of nitrogens with one attached hydrogen (secondary N) is 1. The maximum atomic E-state index is 13.6. The van der Waals surface area contributed by atoms with Crippen LogP contribution >= 0.6 is 11.8 Å². The molecule has 4 heterocycles. The Hall–Kier alpha value is -3.14. The van der Waals surface area contributed by atoms with E-state index in [2.05, 4.69) is 36.2 Å². The number of aromatic carboxylic acids is 1. The number of carbonyl (C=O) groups is 3. The minimum Gasteiger partial charge on any atom is -0.478 e. The van der Waals surface area contributed by atoms with E-state index in [0.717, 1.165) is 12.2 Å². The number of ether oxygens (including phenoxy) is 1. The predicted molar refractivity (Wildman–Crippen MR) is 145 cm³/mol. The molecular formula is C29H31N3O5S. The molecule has 2 aromatic rings. The molecule has 3 saturated heterocycles. The quantitative estimate of drug-likeness (QED) is 0.392. The van der Waals surface area contributed by atoms with Gasteiger partial charge < -0.3 is 20.1 Å². The Bertz CT molecular complexity index is 1340. The van der Waals surface area contributed by atoms with Crippen molar-refractivity contribution in [2.75, 3.05) is 18.5 Å². The van der Waals surface area contributed by atoms with Crippen molar-refractivity contribution in [1.82, 2.24) is 9.80 Å². The summed E-state index contributed by atoms with van der Waals surface area (Å²) in [4.78, 5) is 42.8. The van der Waals surface area contributed by atoms with Gasteiger partial charge in [-0.15, -0.1) is 11.8 Å². The number of likely N-dealkylation sites (tertiary alicyclic amines) is 1. The monoisotopic (exact) mass is 533 g/mol. The minimum absolute atomic E-state index is 0.0132. The summed E-state index contributed by atoms with van der Waals surface area (Å²) < 4.78 is 5.62. The van der Waals surface area contributed by atoms with Crippen molar-refractivity contribution in [3.63, 3.8) is 0 Å². The molecule has 0 aromatic heterocycles. The lowest BCUT2D eigenvalue weighted by molar-refractivity contribution is -0.142. The first kappa shape index (κ1) is 25.2. The van der Waals surface area contributed by atoms with Gasteiger partial charge in [0.05, 0.1) is 30.0 Å². The minimum atomic E-state index is -1.03. The first-order chi connectivity index (χ1) is 18.3. The zero-order valence-electron chi connectivity index (χ0n) is 21.4. The van der Waals surface area contributed by atoms with Crippen LogP contribution in [-0.2, 0) is 20.9 Å². The van der Waals surface area contributed by atoms with Gasteiger partial charge in [0.2, 0.25) is 11.8 Å². The third-order valence-corrected chi connectivity index (χ3v) is 9.61. The molecule has 4 aliphatic rings. The molecule has 0 bridgehead atoms. The number of carboxylic acid groups (broad SMARTS) is 1. The lowest BCUT2D eigenvalue weighted by atomic mass is 9.94. The van der Waals surface area contributed by atoms with Gasteiger partial charge in [0.15, 0.2) is 0 Å². The van der Waals surface area contributed by atoms with Gasteiger partial charge in [-0.05, 0) is 42.7 Å². The van der Waals surface area contributed by atoms with E-state index in [1.54, 1.807) is 12.1 Å². The van der Waals surface area contributed by atoms with E-state index < -0.39 is 5.97 Å². The molecule has 38 heavy (non-hydrogen) atoms. The number of hydrogen-bond acceptors (Lipinski definition) is 6. The molecule has 0 spiro atoms. The van der Waals surface area contributed by atoms with Gasteiger partial charge in [-0.1, -0.05) is 37.3 Å². The summed E-state index contributed by atoms with van der Waals surface area (Å²) >= 11 is 1.81. The Morgan fingerprint density at radius 1 is 1.18 bits per heavy atom. The average molecular weight is 534 g/mol. The van der Waals surface area contributed by atoms with Crippen LogP contribution in [0, 0.1) is 12.8 Å². The number of hydrogen-bond donors (Lipinski definition) is 2. The molecule has 9 heteroatoms. The van der Waals surface area contributed by atoms with E-state index >= 15 is 0 Å². The summed E-state index contributed by atoms with van der Waals surface area (Å²) in [6.45, 7) is 6.32. The van der Waals surface area contributed by atoms with Gasteiger partial charge in [0.25, 0.3) is 0 Å². The Morgan fingerprint density at radius 3 is 2.68 bits per heavy atom. The van der Waals surface area contributed by atoms with Gasteiger partial charge >= 0.3 is 5.97 Å². The van der Waals surface area contributed by atoms with Gasteiger partial charge in [-0.3, -0.25) is 14.5 Å². The highest BCUT2D eigenvalue weighted by Gasteiger charge is 2.54. The van der Waals surface area contributed by atoms with Crippen LogP contribution in [0.4, 0.5) is 5.69 Å². The molecular weight excluding hydrogens is 502 g/mol. The number of rotatable bonds is 8. The SMILES string of the molecule is Cc1ccccc1CN1CC(SC2=C(C3CO3)N3C(=O)CC3C2C)CC1C(=O)Nc1cccc(C(=O)O)c1. The van der Waals surface area contributed by atoms with Gasteiger partial charge in [0.1, 0.15) is 6.10 Å². The molecule has 0 radical (unpaired) electrons. The van der Waals surface area contributed by atoms with Crippen LogP contribution in [0.1, 0.15) is 41.3 Å². The third-order valence-electron chi connectivity index (χ3n) is 8.10. The van der Waals surface area contributed by atoms with E-state index in [0.29, 0.717) is 31.7 Å². The maximum Gasteiger partial charge on any atom is 0.335 e. The second kappa shape index (κ2) is 9.87. The lowest BCUT2D eigenvalue weighted by Crippen LogP contribution is -2.51. The lowest BCUT2D eigenvalue weighted by Gasteiger charge is -2.38. The maximum absolute atomic E-state index is 13.6. The van der Waals surface area contributed by atoms with E-state index in [-0.39, 0.29) is 46.7 Å². The molecule has 8 nitrogen and oxygen atoms in total. The van der Waals surface area contributed by atoms with E-state index in [9.17, 15) is 19.5 Å². The highest BCUT2D eigenvalue weighted by Crippen LogP contribution is 2.52. The Labute approximate surface area is 226 Å². The van der Waals surface area contributed by atoms with Crippen LogP contribution in [0.3, 0.4) is 0 Å². The zero-order valence-corrected chi connectivity index (χ0v) is 22.2. The molecule has 198 valence electrons. The number of epoxide rings is 1. The van der Waals surface area contributed by atoms with Crippen molar-refractivity contribution in [2.45, 2.75) is 56.7 Å². The molecule has 0 saturated carbocycles. The number of carboxylic acids is 1. The highest BCUT2D eigenvalue weighted by molar-refractivity contribution is 8.03. The van der Waals surface area contributed by atoms with Gasteiger partial charge in [0, 0.05) is 41.3 Å². The van der Waals surface area contributed by atoms with Crippen LogP contribution in [0.5, 0.6) is 0 Å². The Morgan fingerprint density at radius 2 is 1.97 bits per heavy atom. The standard InChI is InChI=1S/C29H31N3O5S/c1-16-6-3-4-7-19(16)13-31-14-21(11-23(31)28(34)30-20-9-5-8-18(10-20)29(35)36)38-27-17(2)22-12-25(33)32(22)26(27)24-15-37-24/h3-10,17,21-24H,11-15H2,1-2H3,(H,30,34)(H,35,36). The number of aryl methyl sites for hydroxylation is 1. The van der Waals surface area contributed by atoms with Crippen molar-refractivity contribution in [3.05, 3.63) is 75.8 Å². The highest BCUT2D eigenvalue weighted by atomic mass is 32.2. The summed E-state index contributed by atoms with van der Waals surface area (Å²) in [5, 5.41) is 12.5.